The van der Waals surface area contributed by atoms with Crippen LogP contribution in [0.2, 0.25) is 6.55 Å². The smallest absolute Gasteiger partial charge is 0.214 e. The molecule has 0 heterocycles. The van der Waals surface area contributed by atoms with Crippen molar-refractivity contribution in [1.29, 1.82) is 0 Å². The van der Waals surface area contributed by atoms with Crippen LogP contribution in [0, 0.1) is 0 Å². The predicted molar refractivity (Wildman–Crippen MR) is 53.9 cm³/mol. The first-order valence-electron chi connectivity index (χ1n) is 3.96. The van der Waals surface area contributed by atoms with Crippen LogP contribution in [0.4, 0.5) is 0 Å². The van der Waals surface area contributed by atoms with Gasteiger partial charge in [0.05, 0.1) is 0 Å². The summed E-state index contributed by atoms with van der Waals surface area (Å²) in [5.41, 5.74) is 0. The fraction of sp³-hybridized carbons (Fsp3) is 0.111. The van der Waals surface area contributed by atoms with Gasteiger partial charge in [-0.3, -0.25) is 0 Å². The number of hydrogen-bond donors (Lipinski definition) is 0. The summed E-state index contributed by atoms with van der Waals surface area (Å²) in [7, 11) is -2.72. The monoisotopic (exact) mass is 204 g/mol. The molecule has 5 heteroatoms. The number of isocyanates is 2. The van der Waals surface area contributed by atoms with E-state index in [0.717, 1.165) is 5.19 Å². The van der Waals surface area contributed by atoms with Crippen LogP contribution in [0.3, 0.4) is 0 Å². The third kappa shape index (κ3) is 2.11. The topological polar surface area (TPSA) is 58.9 Å². The van der Waals surface area contributed by atoms with Crippen LogP contribution in [0.5, 0.6) is 0 Å². The second kappa shape index (κ2) is 4.44. The lowest BCUT2D eigenvalue weighted by molar-refractivity contribution is 0.565. The first-order chi connectivity index (χ1) is 6.73. The minimum atomic E-state index is -2.72. The molecule has 0 amide bonds. The van der Waals surface area contributed by atoms with E-state index in [9.17, 15) is 9.59 Å². The Morgan fingerprint density at radius 2 is 1.57 bits per heavy atom. The van der Waals surface area contributed by atoms with Gasteiger partial charge in [0.25, 0.3) is 0 Å². The quantitative estimate of drug-likeness (QED) is 0.412. The highest BCUT2D eigenvalue weighted by Crippen LogP contribution is 2.05. The summed E-state index contributed by atoms with van der Waals surface area (Å²) < 4.78 is 7.24. The molecule has 0 aromatic heterocycles. The van der Waals surface area contributed by atoms with Crippen LogP contribution < -0.4 is 5.19 Å². The minimum absolute atomic E-state index is 0.784. The van der Waals surface area contributed by atoms with E-state index < -0.39 is 8.40 Å². The molecule has 4 nitrogen and oxygen atoms in total. The van der Waals surface area contributed by atoms with E-state index in [1.54, 1.807) is 30.8 Å². The molecule has 1 aromatic rings. The molecule has 0 aliphatic carbocycles. The lowest BCUT2D eigenvalue weighted by atomic mass is 10.4. The molecule has 0 bridgehead atoms. The first kappa shape index (κ1) is 10.3. The Morgan fingerprint density at radius 1 is 1.07 bits per heavy atom. The third-order valence-electron chi connectivity index (χ3n) is 1.85. The summed E-state index contributed by atoms with van der Waals surface area (Å²) in [4.78, 5) is 20.4. The van der Waals surface area contributed by atoms with Gasteiger partial charge in [0, 0.05) is 0 Å². The van der Waals surface area contributed by atoms with E-state index in [0.29, 0.717) is 0 Å². The van der Waals surface area contributed by atoms with Gasteiger partial charge >= 0.3 is 8.40 Å². The largest absolute Gasteiger partial charge is 0.359 e. The summed E-state index contributed by atoms with van der Waals surface area (Å²) >= 11 is 0. The number of benzene rings is 1. The van der Waals surface area contributed by atoms with E-state index in [4.69, 9.17) is 0 Å². The molecule has 0 radical (unpaired) electrons. The van der Waals surface area contributed by atoms with Gasteiger partial charge in [-0.1, -0.05) is 30.3 Å². The normalized spacial score (nSPS) is 13.2. The van der Waals surface area contributed by atoms with Crippen molar-refractivity contribution in [3.05, 3.63) is 30.3 Å². The highest BCUT2D eigenvalue weighted by molar-refractivity contribution is 6.88. The maximum atomic E-state index is 10.2. The molecule has 0 N–H and O–H groups in total. The van der Waals surface area contributed by atoms with Crippen LogP contribution in [0.1, 0.15) is 0 Å². The standard InChI is InChI=1S/C9H8N2O2Si/c1-14(10-7-12,11-8-13)9-5-3-2-4-6-9/h2-6H,1H3. The van der Waals surface area contributed by atoms with Crippen molar-refractivity contribution in [1.82, 2.24) is 0 Å². The van der Waals surface area contributed by atoms with Crippen molar-refractivity contribution in [3.63, 3.8) is 0 Å². The van der Waals surface area contributed by atoms with Gasteiger partial charge in [-0.05, 0) is 11.7 Å². The van der Waals surface area contributed by atoms with Crippen molar-refractivity contribution in [2.75, 3.05) is 0 Å². The van der Waals surface area contributed by atoms with Crippen LogP contribution in [0.25, 0.3) is 0 Å². The summed E-state index contributed by atoms with van der Waals surface area (Å²) in [6, 6.07) is 9.03. The first-order valence-corrected chi connectivity index (χ1v) is 6.36. The Bertz CT molecular complexity index is 388. The maximum Gasteiger partial charge on any atom is 0.359 e. The van der Waals surface area contributed by atoms with Gasteiger partial charge < -0.3 is 0 Å². The fourth-order valence-electron chi connectivity index (χ4n) is 1.09. The number of hydrogen-bond acceptors (Lipinski definition) is 4. The molecule has 0 aliphatic heterocycles. The van der Waals surface area contributed by atoms with Crippen LogP contribution in [-0.2, 0) is 9.59 Å². The van der Waals surface area contributed by atoms with Gasteiger partial charge in [0.2, 0.25) is 12.2 Å². The van der Waals surface area contributed by atoms with Crippen molar-refractivity contribution in [2.45, 2.75) is 6.55 Å². The average Bonchev–Trinajstić information content (AvgIpc) is 2.20. The molecule has 14 heavy (non-hydrogen) atoms. The second-order valence-corrected chi connectivity index (χ2v) is 5.86. The molecule has 0 atom stereocenters. The number of nitrogens with zero attached hydrogens (tertiary/aromatic N) is 2. The molecule has 1 rings (SSSR count). The fourth-order valence-corrected chi connectivity index (χ4v) is 2.57. The summed E-state index contributed by atoms with van der Waals surface area (Å²) in [5, 5.41) is 0.784. The van der Waals surface area contributed by atoms with Gasteiger partial charge in [-0.15, -0.1) is 0 Å². The van der Waals surface area contributed by atoms with E-state index in [2.05, 4.69) is 9.32 Å². The average molecular weight is 204 g/mol. The van der Waals surface area contributed by atoms with Crippen molar-refractivity contribution in [3.8, 4) is 0 Å². The van der Waals surface area contributed by atoms with Crippen LogP contribution >= 0.6 is 0 Å². The maximum absolute atomic E-state index is 10.2. The van der Waals surface area contributed by atoms with E-state index in [1.165, 1.54) is 12.2 Å². The van der Waals surface area contributed by atoms with Crippen molar-refractivity contribution < 1.29 is 9.59 Å². The minimum Gasteiger partial charge on any atom is -0.214 e. The van der Waals surface area contributed by atoms with E-state index in [1.807, 2.05) is 6.07 Å². The SMILES string of the molecule is C[Si](N=C=O)(N=C=O)c1ccccc1. The highest BCUT2D eigenvalue weighted by atomic mass is 28.3. The Balaban J connectivity index is 3.25. The van der Waals surface area contributed by atoms with Gasteiger partial charge in [-0.25, -0.2) is 18.9 Å². The molecular weight excluding hydrogens is 196 g/mol. The summed E-state index contributed by atoms with van der Waals surface area (Å²) in [5.74, 6) is 0. The zero-order chi connectivity index (χ0) is 10.4. The molecule has 0 spiro atoms. The Morgan fingerprint density at radius 3 is 2.00 bits per heavy atom. The predicted octanol–water partition coefficient (Wildman–Crippen LogP) is 0.637. The molecule has 1 aromatic carbocycles. The second-order valence-electron chi connectivity index (χ2n) is 2.79. The third-order valence-corrected chi connectivity index (χ3v) is 4.33. The Labute approximate surface area is 82.2 Å². The molecule has 0 saturated heterocycles. The zero-order valence-corrected chi connectivity index (χ0v) is 8.60. The molecule has 0 fully saturated rings. The van der Waals surface area contributed by atoms with Crippen LogP contribution in [0.15, 0.2) is 39.6 Å². The van der Waals surface area contributed by atoms with Gasteiger partial charge in [0.15, 0.2) is 0 Å². The molecule has 0 unspecified atom stereocenters. The number of carbonyl (C=O) groups excluding carboxylic acids is 2. The van der Waals surface area contributed by atoms with E-state index in [-0.39, 0.29) is 0 Å². The van der Waals surface area contributed by atoms with Crippen molar-refractivity contribution in [2.24, 2.45) is 9.32 Å². The molecule has 0 aliphatic rings. The summed E-state index contributed by atoms with van der Waals surface area (Å²) in [6.45, 7) is 1.68. The van der Waals surface area contributed by atoms with E-state index >= 15 is 0 Å². The Kier molecular flexibility index (Phi) is 3.26. The number of rotatable bonds is 3. The van der Waals surface area contributed by atoms with Crippen molar-refractivity contribution >= 4 is 25.7 Å². The van der Waals surface area contributed by atoms with Gasteiger partial charge in [-0.2, -0.15) is 0 Å². The van der Waals surface area contributed by atoms with Gasteiger partial charge in [0.1, 0.15) is 0 Å². The molecular formula is C9H8N2O2Si. The molecule has 70 valence electrons. The lowest BCUT2D eigenvalue weighted by Crippen LogP contribution is -2.41. The van der Waals surface area contributed by atoms with Crippen LogP contribution in [-0.4, -0.2) is 20.6 Å². The summed E-state index contributed by atoms with van der Waals surface area (Å²) in [6.07, 6.45) is 2.91. The lowest BCUT2D eigenvalue weighted by Gasteiger charge is -2.11. The zero-order valence-electron chi connectivity index (χ0n) is 7.60. The Hall–Kier alpha value is -1.80. The highest BCUT2D eigenvalue weighted by Gasteiger charge is 2.30. The molecule has 0 saturated carbocycles.